The zero-order valence-corrected chi connectivity index (χ0v) is 11.9. The number of hydrogen-bond acceptors (Lipinski definition) is 4. The average Bonchev–Trinajstić information content (AvgIpc) is 3.01. The number of aryl methyl sites for hydroxylation is 3. The molecule has 1 amide bonds. The standard InChI is InChI=1S/C13H17N5O3/c1-9-4-6-15-18(9)7-3-5-14-12(19)10-8-17(2)16-11(10)13(20)21/h4,6,8H,3,5,7H2,1-2H3,(H,14,19)(H,20,21). The van der Waals surface area contributed by atoms with Crippen LogP contribution in [0.15, 0.2) is 18.5 Å². The molecule has 21 heavy (non-hydrogen) atoms. The first kappa shape index (κ1) is 14.8. The first-order valence-corrected chi connectivity index (χ1v) is 6.52. The molecule has 0 aliphatic heterocycles. The summed E-state index contributed by atoms with van der Waals surface area (Å²) in [5, 5.41) is 19.6. The number of carbonyl (C=O) groups excluding carboxylic acids is 1. The highest BCUT2D eigenvalue weighted by Gasteiger charge is 2.20. The van der Waals surface area contributed by atoms with Crippen LogP contribution in [0, 0.1) is 6.92 Å². The summed E-state index contributed by atoms with van der Waals surface area (Å²) in [5.41, 5.74) is 0.889. The molecule has 0 fully saturated rings. The van der Waals surface area contributed by atoms with E-state index in [0.717, 1.165) is 5.69 Å². The highest BCUT2D eigenvalue weighted by atomic mass is 16.4. The van der Waals surface area contributed by atoms with Gasteiger partial charge in [-0.25, -0.2) is 4.79 Å². The molecule has 0 aliphatic carbocycles. The van der Waals surface area contributed by atoms with E-state index in [4.69, 9.17) is 5.11 Å². The smallest absolute Gasteiger partial charge is 0.357 e. The Morgan fingerprint density at radius 1 is 1.43 bits per heavy atom. The number of nitrogens with zero attached hydrogens (tertiary/aromatic N) is 4. The van der Waals surface area contributed by atoms with Crippen LogP contribution in [0.1, 0.15) is 33.0 Å². The van der Waals surface area contributed by atoms with Gasteiger partial charge >= 0.3 is 5.97 Å². The monoisotopic (exact) mass is 291 g/mol. The van der Waals surface area contributed by atoms with Gasteiger partial charge in [0.1, 0.15) is 0 Å². The lowest BCUT2D eigenvalue weighted by Crippen LogP contribution is -2.26. The summed E-state index contributed by atoms with van der Waals surface area (Å²) in [7, 11) is 1.57. The summed E-state index contributed by atoms with van der Waals surface area (Å²) >= 11 is 0. The second-order valence-electron chi connectivity index (χ2n) is 4.68. The maximum Gasteiger partial charge on any atom is 0.357 e. The van der Waals surface area contributed by atoms with E-state index >= 15 is 0 Å². The van der Waals surface area contributed by atoms with Crippen molar-refractivity contribution >= 4 is 11.9 Å². The van der Waals surface area contributed by atoms with E-state index in [1.165, 1.54) is 10.9 Å². The molecule has 112 valence electrons. The summed E-state index contributed by atoms with van der Waals surface area (Å²) in [6.07, 6.45) is 3.83. The van der Waals surface area contributed by atoms with Gasteiger partial charge in [-0.2, -0.15) is 10.2 Å². The number of aromatic nitrogens is 4. The number of aromatic carboxylic acids is 1. The average molecular weight is 291 g/mol. The highest BCUT2D eigenvalue weighted by Crippen LogP contribution is 2.06. The molecule has 2 heterocycles. The van der Waals surface area contributed by atoms with Crippen LogP contribution in [-0.2, 0) is 13.6 Å². The van der Waals surface area contributed by atoms with Gasteiger partial charge in [0.25, 0.3) is 5.91 Å². The zero-order chi connectivity index (χ0) is 15.4. The molecule has 0 saturated carbocycles. The molecule has 2 aromatic rings. The Kier molecular flexibility index (Phi) is 4.36. The summed E-state index contributed by atoms with van der Waals surface area (Å²) in [4.78, 5) is 23.0. The number of amides is 1. The van der Waals surface area contributed by atoms with Gasteiger partial charge in [-0.05, 0) is 19.4 Å². The quantitative estimate of drug-likeness (QED) is 0.752. The van der Waals surface area contributed by atoms with Gasteiger partial charge in [0.15, 0.2) is 5.69 Å². The van der Waals surface area contributed by atoms with Crippen molar-refractivity contribution in [3.05, 3.63) is 35.4 Å². The molecule has 0 bridgehead atoms. The second kappa shape index (κ2) is 6.21. The van der Waals surface area contributed by atoms with Gasteiger partial charge in [-0.15, -0.1) is 0 Å². The summed E-state index contributed by atoms with van der Waals surface area (Å²) < 4.78 is 3.16. The van der Waals surface area contributed by atoms with Gasteiger partial charge in [0, 0.05) is 38.2 Å². The molecule has 0 spiro atoms. The molecule has 0 atom stereocenters. The largest absolute Gasteiger partial charge is 0.476 e. The number of hydrogen-bond donors (Lipinski definition) is 2. The first-order valence-electron chi connectivity index (χ1n) is 6.52. The molecular formula is C13H17N5O3. The van der Waals surface area contributed by atoms with Crippen molar-refractivity contribution in [3.8, 4) is 0 Å². The van der Waals surface area contributed by atoms with E-state index in [9.17, 15) is 9.59 Å². The molecule has 0 aliphatic rings. The van der Waals surface area contributed by atoms with Crippen LogP contribution >= 0.6 is 0 Å². The predicted octanol–water partition coefficient (Wildman–Crippen LogP) is 0.443. The molecule has 2 aromatic heterocycles. The van der Waals surface area contributed by atoms with Crippen molar-refractivity contribution in [2.75, 3.05) is 6.54 Å². The Bertz CT molecular complexity index is 659. The van der Waals surface area contributed by atoms with Crippen molar-refractivity contribution in [1.82, 2.24) is 24.9 Å². The molecule has 2 N–H and O–H groups in total. The van der Waals surface area contributed by atoms with Crippen molar-refractivity contribution in [3.63, 3.8) is 0 Å². The molecule has 0 aromatic carbocycles. The maximum absolute atomic E-state index is 12.0. The third-order valence-corrected chi connectivity index (χ3v) is 3.04. The van der Waals surface area contributed by atoms with Crippen LogP contribution in [-0.4, -0.2) is 43.1 Å². The van der Waals surface area contributed by atoms with Gasteiger partial charge in [-0.3, -0.25) is 14.2 Å². The Labute approximate surface area is 121 Å². The van der Waals surface area contributed by atoms with Gasteiger partial charge < -0.3 is 10.4 Å². The third kappa shape index (κ3) is 3.47. The number of carboxylic acids is 1. The van der Waals surface area contributed by atoms with Crippen LogP contribution < -0.4 is 5.32 Å². The van der Waals surface area contributed by atoms with E-state index in [1.807, 2.05) is 17.7 Å². The molecule has 0 saturated heterocycles. The summed E-state index contributed by atoms with van der Waals surface area (Å²) in [6.45, 7) is 3.09. The van der Waals surface area contributed by atoms with Gasteiger partial charge in [0.2, 0.25) is 0 Å². The fourth-order valence-electron chi connectivity index (χ4n) is 1.97. The SMILES string of the molecule is Cc1ccnn1CCCNC(=O)c1cn(C)nc1C(=O)O. The van der Waals surface area contributed by atoms with Crippen LogP contribution in [0.3, 0.4) is 0 Å². The number of carbonyl (C=O) groups is 2. The van der Waals surface area contributed by atoms with Crippen LogP contribution in [0.4, 0.5) is 0 Å². The van der Waals surface area contributed by atoms with E-state index in [1.54, 1.807) is 13.2 Å². The number of carboxylic acid groups (broad SMARTS) is 1. The van der Waals surface area contributed by atoms with E-state index in [-0.39, 0.29) is 11.3 Å². The minimum Gasteiger partial charge on any atom is -0.476 e. The van der Waals surface area contributed by atoms with Crippen molar-refractivity contribution in [2.45, 2.75) is 19.9 Å². The predicted molar refractivity (Wildman–Crippen MR) is 74.1 cm³/mol. The van der Waals surface area contributed by atoms with Gasteiger partial charge in [-0.1, -0.05) is 0 Å². The fourth-order valence-corrected chi connectivity index (χ4v) is 1.97. The Morgan fingerprint density at radius 3 is 2.81 bits per heavy atom. The first-order chi connectivity index (χ1) is 9.99. The van der Waals surface area contributed by atoms with Crippen molar-refractivity contribution in [1.29, 1.82) is 0 Å². The minimum absolute atomic E-state index is 0.0697. The summed E-state index contributed by atoms with van der Waals surface area (Å²) in [6, 6.07) is 1.91. The third-order valence-electron chi connectivity index (χ3n) is 3.04. The normalized spacial score (nSPS) is 10.6. The Hall–Kier alpha value is -2.64. The van der Waals surface area contributed by atoms with Crippen LogP contribution in [0.5, 0.6) is 0 Å². The fraction of sp³-hybridized carbons (Fsp3) is 0.385. The van der Waals surface area contributed by atoms with Gasteiger partial charge in [0.05, 0.1) is 5.56 Å². The molecule has 0 radical (unpaired) electrons. The minimum atomic E-state index is -1.21. The van der Waals surface area contributed by atoms with Crippen LogP contribution in [0.2, 0.25) is 0 Å². The molecular weight excluding hydrogens is 274 g/mol. The van der Waals surface area contributed by atoms with E-state index < -0.39 is 11.9 Å². The van der Waals surface area contributed by atoms with Crippen molar-refractivity contribution < 1.29 is 14.7 Å². The Balaban J connectivity index is 1.88. The van der Waals surface area contributed by atoms with E-state index in [0.29, 0.717) is 19.5 Å². The number of nitrogens with one attached hydrogen (secondary N) is 1. The Morgan fingerprint density at radius 2 is 2.19 bits per heavy atom. The topological polar surface area (TPSA) is 102 Å². The molecule has 8 nitrogen and oxygen atoms in total. The van der Waals surface area contributed by atoms with E-state index in [2.05, 4.69) is 15.5 Å². The number of rotatable bonds is 6. The maximum atomic E-state index is 12.0. The van der Waals surface area contributed by atoms with Crippen LogP contribution in [0.25, 0.3) is 0 Å². The van der Waals surface area contributed by atoms with Crippen molar-refractivity contribution in [2.24, 2.45) is 7.05 Å². The molecule has 2 rings (SSSR count). The lowest BCUT2D eigenvalue weighted by molar-refractivity contribution is 0.0684. The molecule has 0 unspecified atom stereocenters. The second-order valence-corrected chi connectivity index (χ2v) is 4.68. The molecule has 8 heteroatoms. The lowest BCUT2D eigenvalue weighted by atomic mass is 10.2. The lowest BCUT2D eigenvalue weighted by Gasteiger charge is -2.06. The summed E-state index contributed by atoms with van der Waals surface area (Å²) in [5.74, 6) is -1.65. The highest BCUT2D eigenvalue weighted by molar-refractivity contribution is 6.03. The zero-order valence-electron chi connectivity index (χ0n) is 11.9.